The summed E-state index contributed by atoms with van der Waals surface area (Å²) in [6.45, 7) is 3.16. The highest BCUT2D eigenvalue weighted by Crippen LogP contribution is 2.33. The number of hydrogen-bond acceptors (Lipinski definition) is 5. The molecule has 8 heteroatoms. The van der Waals surface area contributed by atoms with E-state index in [9.17, 15) is 14.4 Å². The van der Waals surface area contributed by atoms with Gasteiger partial charge in [0.25, 0.3) is 11.8 Å². The van der Waals surface area contributed by atoms with Gasteiger partial charge in [-0.05, 0) is 62.4 Å². The molecule has 0 aromatic heterocycles. The third-order valence-corrected chi connectivity index (χ3v) is 7.57. The average Bonchev–Trinajstić information content (AvgIpc) is 3.38. The van der Waals surface area contributed by atoms with E-state index in [1.54, 1.807) is 23.1 Å². The van der Waals surface area contributed by atoms with Crippen LogP contribution in [0.1, 0.15) is 64.8 Å². The molecule has 2 aromatic carbocycles. The van der Waals surface area contributed by atoms with Crippen LogP contribution in [0.15, 0.2) is 42.5 Å². The first kappa shape index (κ1) is 24.2. The maximum atomic E-state index is 13.1. The topological polar surface area (TPSA) is 97.0 Å². The number of fused-ring (bicyclic) bond motifs is 1. The second kappa shape index (κ2) is 10.6. The summed E-state index contributed by atoms with van der Waals surface area (Å²) in [5.41, 5.74) is 2.18. The lowest BCUT2D eigenvalue weighted by molar-refractivity contribution is -0.127. The van der Waals surface area contributed by atoms with Crippen LogP contribution in [-0.4, -0.2) is 54.6 Å². The molecule has 1 saturated carbocycles. The Balaban J connectivity index is 1.14. The van der Waals surface area contributed by atoms with Crippen molar-refractivity contribution in [2.75, 3.05) is 19.9 Å². The van der Waals surface area contributed by atoms with Gasteiger partial charge in [0.15, 0.2) is 11.5 Å². The second-order valence-electron chi connectivity index (χ2n) is 9.93. The van der Waals surface area contributed by atoms with E-state index in [2.05, 4.69) is 10.6 Å². The Morgan fingerprint density at radius 3 is 2.31 bits per heavy atom. The summed E-state index contributed by atoms with van der Waals surface area (Å²) < 4.78 is 10.7. The van der Waals surface area contributed by atoms with Gasteiger partial charge in [-0.15, -0.1) is 0 Å². The Labute approximate surface area is 211 Å². The van der Waals surface area contributed by atoms with Gasteiger partial charge in [-0.25, -0.2) is 0 Å². The zero-order valence-corrected chi connectivity index (χ0v) is 20.6. The van der Waals surface area contributed by atoms with Crippen molar-refractivity contribution in [3.63, 3.8) is 0 Å². The summed E-state index contributed by atoms with van der Waals surface area (Å²) >= 11 is 0. The monoisotopic (exact) mass is 491 g/mol. The molecule has 1 aliphatic carbocycles. The second-order valence-corrected chi connectivity index (χ2v) is 9.93. The van der Waals surface area contributed by atoms with Crippen LogP contribution in [0, 0.1) is 12.8 Å². The number of ether oxygens (including phenoxy) is 2. The normalized spacial score (nSPS) is 21.6. The summed E-state index contributed by atoms with van der Waals surface area (Å²) in [6.07, 6.45) is 5.01. The highest BCUT2D eigenvalue weighted by molar-refractivity contribution is 5.96. The first-order valence-corrected chi connectivity index (χ1v) is 12.9. The predicted molar refractivity (Wildman–Crippen MR) is 134 cm³/mol. The lowest BCUT2D eigenvalue weighted by Crippen LogP contribution is -2.55. The summed E-state index contributed by atoms with van der Waals surface area (Å²) in [6, 6.07) is 12.6. The number of piperidine rings is 1. The van der Waals surface area contributed by atoms with Gasteiger partial charge in [-0.1, -0.05) is 31.0 Å². The van der Waals surface area contributed by atoms with Crippen molar-refractivity contribution >= 4 is 17.7 Å². The molecule has 2 heterocycles. The van der Waals surface area contributed by atoms with Crippen molar-refractivity contribution < 1.29 is 23.9 Å². The SMILES string of the molecule is Cc1ccccc1C(=O)N[C@@H]1CCCC[C@H]1NC(=O)C1CCN(C(=O)c2ccc3c(c2)OCO3)CC1. The molecule has 0 bridgehead atoms. The van der Waals surface area contributed by atoms with E-state index >= 15 is 0 Å². The molecule has 2 N–H and O–H groups in total. The number of carbonyl (C=O) groups excluding carboxylic acids is 3. The first-order valence-electron chi connectivity index (χ1n) is 12.9. The molecule has 2 aromatic rings. The summed E-state index contributed by atoms with van der Waals surface area (Å²) in [5.74, 6) is 0.977. The molecule has 8 nitrogen and oxygen atoms in total. The molecule has 36 heavy (non-hydrogen) atoms. The number of nitrogens with one attached hydrogen (secondary N) is 2. The minimum atomic E-state index is -0.138. The molecule has 5 rings (SSSR count). The van der Waals surface area contributed by atoms with Crippen molar-refractivity contribution in [2.24, 2.45) is 5.92 Å². The van der Waals surface area contributed by atoms with Gasteiger partial charge >= 0.3 is 0 Å². The quantitative estimate of drug-likeness (QED) is 0.668. The van der Waals surface area contributed by atoms with Crippen LogP contribution in [0.2, 0.25) is 0 Å². The highest BCUT2D eigenvalue weighted by Gasteiger charge is 2.33. The van der Waals surface area contributed by atoms with Crippen LogP contribution in [0.4, 0.5) is 0 Å². The maximum absolute atomic E-state index is 13.1. The fourth-order valence-corrected chi connectivity index (χ4v) is 5.41. The summed E-state index contributed by atoms with van der Waals surface area (Å²) in [5, 5.41) is 6.39. The lowest BCUT2D eigenvalue weighted by Gasteiger charge is -2.36. The molecule has 3 amide bonds. The highest BCUT2D eigenvalue weighted by atomic mass is 16.7. The average molecular weight is 492 g/mol. The zero-order valence-electron chi connectivity index (χ0n) is 20.6. The molecule has 0 unspecified atom stereocenters. The van der Waals surface area contributed by atoms with Crippen molar-refractivity contribution in [1.82, 2.24) is 15.5 Å². The molecule has 1 saturated heterocycles. The minimum Gasteiger partial charge on any atom is -0.454 e. The number of hydrogen-bond donors (Lipinski definition) is 2. The summed E-state index contributed by atoms with van der Waals surface area (Å²) in [4.78, 5) is 40.8. The number of nitrogens with zero attached hydrogens (tertiary/aromatic N) is 1. The Morgan fingerprint density at radius 2 is 1.56 bits per heavy atom. The van der Waals surface area contributed by atoms with E-state index in [0.717, 1.165) is 31.2 Å². The largest absolute Gasteiger partial charge is 0.454 e. The van der Waals surface area contributed by atoms with Crippen molar-refractivity contribution in [3.05, 3.63) is 59.2 Å². The van der Waals surface area contributed by atoms with Crippen LogP contribution in [-0.2, 0) is 4.79 Å². The number of rotatable bonds is 5. The molecule has 0 radical (unpaired) electrons. The summed E-state index contributed by atoms with van der Waals surface area (Å²) in [7, 11) is 0. The van der Waals surface area contributed by atoms with Gasteiger partial charge in [0.2, 0.25) is 12.7 Å². The van der Waals surface area contributed by atoms with Crippen molar-refractivity contribution in [1.29, 1.82) is 0 Å². The first-order chi connectivity index (χ1) is 17.5. The minimum absolute atomic E-state index is 0.0206. The van der Waals surface area contributed by atoms with E-state index < -0.39 is 0 Å². The van der Waals surface area contributed by atoms with E-state index in [1.165, 1.54) is 0 Å². The van der Waals surface area contributed by atoms with Crippen LogP contribution in [0.25, 0.3) is 0 Å². The van der Waals surface area contributed by atoms with E-state index in [4.69, 9.17) is 9.47 Å². The number of benzene rings is 2. The predicted octanol–water partition coefficient (Wildman–Crippen LogP) is 3.43. The maximum Gasteiger partial charge on any atom is 0.253 e. The molecule has 2 atom stereocenters. The van der Waals surface area contributed by atoms with Crippen molar-refractivity contribution in [2.45, 2.75) is 57.5 Å². The molecule has 190 valence electrons. The fourth-order valence-electron chi connectivity index (χ4n) is 5.41. The number of carbonyl (C=O) groups is 3. The lowest BCUT2D eigenvalue weighted by atomic mass is 9.88. The Bertz CT molecular complexity index is 1140. The molecule has 2 fully saturated rings. The fraction of sp³-hybridized carbons (Fsp3) is 0.464. The Kier molecular flexibility index (Phi) is 7.11. The third kappa shape index (κ3) is 5.17. The van der Waals surface area contributed by atoms with Crippen LogP contribution in [0.3, 0.4) is 0 Å². The van der Waals surface area contributed by atoms with Gasteiger partial charge in [-0.3, -0.25) is 14.4 Å². The standard InChI is InChI=1S/C28H33N3O5/c1-18-6-2-3-7-21(18)27(33)30-23-9-5-4-8-22(23)29-26(32)19-12-14-31(15-13-19)28(34)20-10-11-24-25(16-20)36-17-35-24/h2-3,6-7,10-11,16,19,22-23H,4-5,8-9,12-15,17H2,1H3,(H,29,32)(H,30,33)/t22-,23-/m1/s1. The molecule has 0 spiro atoms. The Morgan fingerprint density at radius 1 is 0.861 bits per heavy atom. The van der Waals surface area contributed by atoms with Gasteiger partial charge in [0.05, 0.1) is 0 Å². The van der Waals surface area contributed by atoms with Gasteiger partial charge < -0.3 is 25.0 Å². The molecular formula is C28H33N3O5. The van der Waals surface area contributed by atoms with E-state index in [0.29, 0.717) is 48.6 Å². The molecule has 3 aliphatic rings. The van der Waals surface area contributed by atoms with Gasteiger partial charge in [-0.2, -0.15) is 0 Å². The van der Waals surface area contributed by atoms with Crippen LogP contribution in [0.5, 0.6) is 11.5 Å². The third-order valence-electron chi connectivity index (χ3n) is 7.57. The number of amides is 3. The number of aryl methyl sites for hydroxylation is 1. The number of likely N-dealkylation sites (tertiary alicyclic amines) is 1. The molecular weight excluding hydrogens is 458 g/mol. The van der Waals surface area contributed by atoms with E-state index in [1.807, 2.05) is 31.2 Å². The molecule has 2 aliphatic heterocycles. The zero-order chi connectivity index (χ0) is 25.1. The van der Waals surface area contributed by atoms with E-state index in [-0.39, 0.29) is 42.5 Å². The van der Waals surface area contributed by atoms with Crippen LogP contribution >= 0.6 is 0 Å². The van der Waals surface area contributed by atoms with Crippen LogP contribution < -0.4 is 20.1 Å². The smallest absolute Gasteiger partial charge is 0.253 e. The van der Waals surface area contributed by atoms with Gasteiger partial charge in [0.1, 0.15) is 0 Å². The Hall–Kier alpha value is -3.55. The van der Waals surface area contributed by atoms with Gasteiger partial charge in [0, 0.05) is 42.2 Å². The van der Waals surface area contributed by atoms with Crippen molar-refractivity contribution in [3.8, 4) is 11.5 Å².